The van der Waals surface area contributed by atoms with Gasteiger partial charge < -0.3 is 77.8 Å². The summed E-state index contributed by atoms with van der Waals surface area (Å²) < 4.78 is 47.0. The third-order valence-electron chi connectivity index (χ3n) is 19.5. The number of nitrogens with zero attached hydrogens (tertiary/aromatic N) is 9. The van der Waals surface area contributed by atoms with Crippen LogP contribution in [0.3, 0.4) is 0 Å². The third-order valence-corrected chi connectivity index (χ3v) is 19.5. The maximum Gasteiger partial charge on any atom is 0.432 e. The number of hydrogen-bond donors (Lipinski definition) is 4. The number of esters is 3. The average molecular weight is 1570 g/mol. The molecule has 1 unspecified atom stereocenters. The average Bonchev–Trinajstić information content (AvgIpc) is 1.73. The summed E-state index contributed by atoms with van der Waals surface area (Å²) in [5.74, 6) is 5.27. The molecule has 3 aliphatic heterocycles. The molecule has 4 N–H and O–H groups in total. The fourth-order valence-electron chi connectivity index (χ4n) is 12.6. The Labute approximate surface area is 664 Å². The molecule has 5 aromatic heterocycles. The van der Waals surface area contributed by atoms with Gasteiger partial charge in [0.05, 0.1) is 69.8 Å². The summed E-state index contributed by atoms with van der Waals surface area (Å²) >= 11 is 0. The van der Waals surface area contributed by atoms with E-state index in [9.17, 15) is 43.8 Å². The van der Waals surface area contributed by atoms with Gasteiger partial charge in [0, 0.05) is 115 Å². The van der Waals surface area contributed by atoms with Gasteiger partial charge in [0.15, 0.2) is 0 Å². The van der Waals surface area contributed by atoms with Crippen LogP contribution in [0.5, 0.6) is 17.2 Å². The summed E-state index contributed by atoms with van der Waals surface area (Å²) in [6.45, 7) is 35.1. The number of aliphatic hydroxyl groups excluding tert-OH is 3. The number of aromatic nitrogens is 5. The minimum atomic E-state index is -0.609. The quantitative estimate of drug-likeness (QED) is 0.0301. The Morgan fingerprint density at radius 3 is 1.00 bits per heavy atom. The predicted octanol–water partition coefficient (Wildman–Crippen LogP) is 12.5. The molecule has 620 valence electrons. The Hall–Kier alpha value is -9.61. The minimum Gasteiger partial charge on any atom is -0.506 e. The number of rotatable bonds is 21. The Bertz CT molecular complexity index is 3860. The topological polar surface area (TPSA) is 370 Å². The number of hydrogen-bond acceptors (Lipinski definition) is 25. The van der Waals surface area contributed by atoms with Crippen LogP contribution in [-0.2, 0) is 47.5 Å². The van der Waals surface area contributed by atoms with E-state index in [2.05, 4.69) is 53.5 Å². The standard InChI is InChI=1S/C20H28N2O5.C18H26N2O4.C12H15NO2.C11H13NO3.C10H13NO.C9H17NO3.C4H7NO2/c1-13(23)25-11-15-8-18(15)14-7-17(10-21-9-14)26-12-16-5-6-22(16)19(24)27-20(2,3)4;1-18(2,3)24-17(22)20-5-4-14(20)11-23-15-6-12(8-19-9-15)16-7-13(16)10-21;1-8-3-10(6-13-5-8)12-4-11(12)7-15-9(2)14;1-7(13)15-6-9-3-11(9)8-2-10(14)5-12-4-8;1-7-2-8(5-11-4-7)10-3-9(10)6-12;1-9(2,3)13-8(12)10-5-4-7(10)6-11;1-3-7-4(6)5-2/h7,9-10,15-16,18H,5-6,8,11-12H2,1-4H3;6,8-9,13-14,16,21H,4-5,7,10-11H2,1-3H3;3,5-6,11-12H,4,7H2,1-2H3;2,4-5,9,11,14H,3,6H2,1H3;2,4-5,9-10,12H,3,6H2,1H3;7,11H,4-6H2,1-3H3;2-3H2,1H3/t15-,16+,18-;13-,14+,16-;11-,12-;9-,11-;9-,10-;;/m11111../s1. The van der Waals surface area contributed by atoms with Gasteiger partial charge in [0.1, 0.15) is 47.3 Å². The van der Waals surface area contributed by atoms with Gasteiger partial charge in [-0.1, -0.05) is 12.1 Å². The second kappa shape index (κ2) is 42.5. The molecule has 29 heteroatoms. The van der Waals surface area contributed by atoms with Crippen LogP contribution in [0.2, 0.25) is 0 Å². The molecule has 0 radical (unpaired) electrons. The molecule has 0 bridgehead atoms. The molecular formula is C84H119N9O20. The zero-order valence-electron chi connectivity index (χ0n) is 68.4. The molecule has 5 aliphatic carbocycles. The highest BCUT2D eigenvalue weighted by molar-refractivity contribution is 5.73. The lowest BCUT2D eigenvalue weighted by atomic mass is 10.1. The van der Waals surface area contributed by atoms with E-state index in [-0.39, 0.29) is 73.3 Å². The normalized spacial score (nSPS) is 23.4. The molecule has 0 spiro atoms. The number of aryl methyl sites for hydroxylation is 2. The molecule has 8 aliphatic rings. The van der Waals surface area contributed by atoms with Crippen LogP contribution in [0.4, 0.5) is 19.2 Å². The molecule has 0 aromatic carbocycles. The van der Waals surface area contributed by atoms with E-state index in [0.717, 1.165) is 68.1 Å². The van der Waals surface area contributed by atoms with Gasteiger partial charge in [-0.25, -0.2) is 19.2 Å². The Morgan fingerprint density at radius 2 is 0.735 bits per heavy atom. The largest absolute Gasteiger partial charge is 0.506 e. The number of pyridine rings is 5. The van der Waals surface area contributed by atoms with Crippen LogP contribution in [0, 0.1) is 43.4 Å². The van der Waals surface area contributed by atoms with Crippen molar-refractivity contribution in [2.75, 3.05) is 79.1 Å². The number of ether oxygens (including phenoxy) is 9. The van der Waals surface area contributed by atoms with Crippen molar-refractivity contribution in [1.82, 2.24) is 39.6 Å². The SMILES string of the molecule is C=NC(=O)OCC.CC(=O)OC[C@H]1C[C@@H]1c1cncc(C)c1.CC(=O)OC[C@H]1C[C@@H]1c1cncc(O)c1.CC(=O)OC[C@H]1C[C@@H]1c1cncc(OC[C@@H]2CCN2C(=O)OC(C)(C)C)c1.CC(C)(C)OC(=O)N1CCC1CO.CC(C)(C)OC(=O)N1CC[C@H]1COc1cncc([C@H]2C[C@@H]2CO)c1.Cc1cncc([C@H]2C[C@@H]2CO)c1. The number of carbonyl (C=O) groups is 7. The Morgan fingerprint density at radius 1 is 0.425 bits per heavy atom. The van der Waals surface area contributed by atoms with E-state index < -0.39 is 22.9 Å². The van der Waals surface area contributed by atoms with Crippen molar-refractivity contribution in [2.24, 2.45) is 34.6 Å². The Balaban J connectivity index is 0.000000189. The molecule has 13 atom stereocenters. The molecule has 4 amide bonds. The molecule has 8 fully saturated rings. The molecule has 3 saturated heterocycles. The lowest BCUT2D eigenvalue weighted by Crippen LogP contribution is -2.55. The van der Waals surface area contributed by atoms with Gasteiger partial charge >= 0.3 is 42.3 Å². The summed E-state index contributed by atoms with van der Waals surface area (Å²) in [7, 11) is 0. The van der Waals surface area contributed by atoms with Crippen LogP contribution in [0.15, 0.2) is 97.3 Å². The molecule has 5 aromatic rings. The Kier molecular flexibility index (Phi) is 34.1. The van der Waals surface area contributed by atoms with Gasteiger partial charge in [0.25, 0.3) is 0 Å². The summed E-state index contributed by atoms with van der Waals surface area (Å²) in [5.41, 5.74) is 6.75. The lowest BCUT2D eigenvalue weighted by Gasteiger charge is -2.41. The molecule has 5 saturated carbocycles. The number of carbonyl (C=O) groups excluding carboxylic acids is 7. The van der Waals surface area contributed by atoms with Crippen molar-refractivity contribution < 1.29 is 96.6 Å². The number of aliphatic hydroxyl groups is 3. The number of amides is 4. The predicted molar refractivity (Wildman–Crippen MR) is 419 cm³/mol. The fourth-order valence-corrected chi connectivity index (χ4v) is 12.6. The van der Waals surface area contributed by atoms with Crippen molar-refractivity contribution in [2.45, 2.75) is 220 Å². The van der Waals surface area contributed by atoms with Gasteiger partial charge in [-0.3, -0.25) is 39.3 Å². The first-order valence-corrected chi connectivity index (χ1v) is 39.0. The fraction of sp³-hybridized carbons (Fsp3) is 0.607. The van der Waals surface area contributed by atoms with Gasteiger partial charge in [-0.15, -0.1) is 0 Å². The van der Waals surface area contributed by atoms with Gasteiger partial charge in [-0.2, -0.15) is 4.99 Å². The summed E-state index contributed by atoms with van der Waals surface area (Å²) in [6.07, 6.45) is 24.2. The number of aliphatic imine (C=N–C) groups is 1. The van der Waals surface area contributed by atoms with Crippen LogP contribution in [0.25, 0.3) is 0 Å². The van der Waals surface area contributed by atoms with E-state index in [1.807, 2.05) is 125 Å². The van der Waals surface area contributed by atoms with Crippen LogP contribution in [-0.4, -0.2) is 223 Å². The van der Waals surface area contributed by atoms with Crippen LogP contribution >= 0.6 is 0 Å². The van der Waals surface area contributed by atoms with E-state index in [1.165, 1.54) is 49.2 Å². The first-order valence-electron chi connectivity index (χ1n) is 39.0. The molecular weight excluding hydrogens is 1450 g/mol. The smallest absolute Gasteiger partial charge is 0.432 e. The second-order valence-corrected chi connectivity index (χ2v) is 32.8. The first kappa shape index (κ1) is 90.6. The molecule has 8 heterocycles. The zero-order valence-corrected chi connectivity index (χ0v) is 68.4. The number of likely N-dealkylation sites (tertiary alicyclic amines) is 3. The van der Waals surface area contributed by atoms with Crippen molar-refractivity contribution in [3.8, 4) is 17.2 Å². The highest BCUT2D eigenvalue weighted by Gasteiger charge is 2.44. The van der Waals surface area contributed by atoms with Crippen molar-refractivity contribution in [3.05, 3.63) is 131 Å². The van der Waals surface area contributed by atoms with E-state index in [4.69, 9.17) is 48.1 Å². The highest BCUT2D eigenvalue weighted by Crippen LogP contribution is 2.51. The molecule has 113 heavy (non-hydrogen) atoms. The summed E-state index contributed by atoms with van der Waals surface area (Å²) in [6, 6.07) is 10.1. The van der Waals surface area contributed by atoms with Crippen molar-refractivity contribution >= 4 is 49.0 Å². The molecule has 13 rings (SSSR count). The first-order chi connectivity index (χ1) is 53.5. The highest BCUT2D eigenvalue weighted by atomic mass is 16.6. The minimum absolute atomic E-state index is 0.0270. The van der Waals surface area contributed by atoms with Crippen LogP contribution in [0.1, 0.15) is 210 Å². The zero-order chi connectivity index (χ0) is 82.9. The maximum atomic E-state index is 12.2. The van der Waals surface area contributed by atoms with Gasteiger partial charge in [-0.05, 0) is 240 Å². The van der Waals surface area contributed by atoms with Crippen molar-refractivity contribution in [1.29, 1.82) is 0 Å². The van der Waals surface area contributed by atoms with E-state index in [1.54, 1.807) is 46.3 Å². The summed E-state index contributed by atoms with van der Waals surface area (Å²) in [4.78, 5) is 106. The second-order valence-electron chi connectivity index (χ2n) is 32.8. The maximum absolute atomic E-state index is 12.2. The van der Waals surface area contributed by atoms with E-state index >= 15 is 0 Å². The number of aromatic hydroxyl groups is 1. The monoisotopic (exact) mass is 1570 g/mol. The van der Waals surface area contributed by atoms with Crippen molar-refractivity contribution in [3.63, 3.8) is 0 Å². The lowest BCUT2D eigenvalue weighted by molar-refractivity contribution is -0.142. The molecule has 29 nitrogen and oxygen atoms in total. The van der Waals surface area contributed by atoms with Crippen LogP contribution < -0.4 is 9.47 Å². The summed E-state index contributed by atoms with van der Waals surface area (Å²) in [5, 5.41) is 36.2. The van der Waals surface area contributed by atoms with Gasteiger partial charge in [0.2, 0.25) is 0 Å². The third kappa shape index (κ3) is 31.7. The van der Waals surface area contributed by atoms with E-state index in [0.29, 0.717) is 137 Å².